The number of carbonyl (C=O) groups excluding carboxylic acids is 4. The molecule has 0 aliphatic carbocycles. The maximum atomic E-state index is 12.4. The second-order valence-corrected chi connectivity index (χ2v) is 8.95. The van der Waals surface area contributed by atoms with E-state index in [0.29, 0.717) is 42.7 Å². The topological polar surface area (TPSA) is 84.0 Å². The molecule has 1 aromatic carbocycles. The van der Waals surface area contributed by atoms with Crippen molar-refractivity contribution in [3.8, 4) is 0 Å². The van der Waals surface area contributed by atoms with Gasteiger partial charge in [-0.2, -0.15) is 0 Å². The Morgan fingerprint density at radius 1 is 1.18 bits per heavy atom. The van der Waals surface area contributed by atoms with Gasteiger partial charge in [0.05, 0.1) is 22.6 Å². The average Bonchev–Trinajstić information content (AvgIpc) is 3.27. The number of ether oxygens (including phenoxy) is 1. The van der Waals surface area contributed by atoms with Crippen LogP contribution in [0.4, 0.5) is 0 Å². The lowest BCUT2D eigenvalue weighted by Crippen LogP contribution is -2.46. The van der Waals surface area contributed by atoms with Crippen molar-refractivity contribution in [2.75, 3.05) is 18.9 Å². The summed E-state index contributed by atoms with van der Waals surface area (Å²) in [5.41, 5.74) is 0.881. The van der Waals surface area contributed by atoms with Gasteiger partial charge in [-0.15, -0.1) is 11.8 Å². The SMILES string of the molecule is C[C@@]12CCC(=O)N1[C@@H](C(=O)OCCCCN1C(=O)c3ccccc3C1=O)CS2. The summed E-state index contributed by atoms with van der Waals surface area (Å²) < 4.78 is 5.37. The van der Waals surface area contributed by atoms with E-state index in [4.69, 9.17) is 4.74 Å². The first-order valence-corrected chi connectivity index (χ1v) is 10.5. The molecule has 3 amide bonds. The fraction of sp³-hybridized carbons (Fsp3) is 0.500. The van der Waals surface area contributed by atoms with Crippen molar-refractivity contribution in [1.29, 1.82) is 0 Å². The first kappa shape index (κ1) is 19.0. The standard InChI is InChI=1S/C20H22N2O5S/c1-20-9-8-16(23)22(20)15(12-28-20)19(26)27-11-5-4-10-21-17(24)13-6-2-3-7-14(13)18(21)25/h2-3,6-7,15H,4-5,8-12H2,1H3/t15-,20-/m1/s1. The zero-order valence-corrected chi connectivity index (χ0v) is 16.5. The Morgan fingerprint density at radius 3 is 2.54 bits per heavy atom. The lowest BCUT2D eigenvalue weighted by atomic mass is 10.1. The molecule has 3 heterocycles. The second kappa shape index (κ2) is 7.24. The summed E-state index contributed by atoms with van der Waals surface area (Å²) in [6, 6.07) is 6.28. The third-order valence-electron chi connectivity index (χ3n) is 5.62. The molecule has 0 aromatic heterocycles. The monoisotopic (exact) mass is 402 g/mol. The predicted octanol–water partition coefficient (Wildman–Crippen LogP) is 2.06. The van der Waals surface area contributed by atoms with E-state index in [9.17, 15) is 19.2 Å². The van der Waals surface area contributed by atoms with Gasteiger partial charge in [-0.3, -0.25) is 19.3 Å². The van der Waals surface area contributed by atoms with E-state index in [-0.39, 0.29) is 35.2 Å². The van der Waals surface area contributed by atoms with Gasteiger partial charge in [-0.05, 0) is 38.3 Å². The van der Waals surface area contributed by atoms with Gasteiger partial charge in [-0.1, -0.05) is 12.1 Å². The Morgan fingerprint density at radius 2 is 1.86 bits per heavy atom. The molecule has 0 bridgehead atoms. The fourth-order valence-corrected chi connectivity index (χ4v) is 5.49. The molecule has 0 saturated carbocycles. The molecule has 0 radical (unpaired) electrons. The molecular weight excluding hydrogens is 380 g/mol. The van der Waals surface area contributed by atoms with Crippen LogP contribution in [0.25, 0.3) is 0 Å². The smallest absolute Gasteiger partial charge is 0.329 e. The fourth-order valence-electron chi connectivity index (χ4n) is 4.08. The van der Waals surface area contributed by atoms with E-state index in [1.807, 2.05) is 6.92 Å². The maximum Gasteiger partial charge on any atom is 0.329 e. The van der Waals surface area contributed by atoms with Crippen LogP contribution >= 0.6 is 11.8 Å². The summed E-state index contributed by atoms with van der Waals surface area (Å²) >= 11 is 1.63. The van der Waals surface area contributed by atoms with Gasteiger partial charge in [-0.25, -0.2) is 4.79 Å². The minimum atomic E-state index is -0.513. The number of carbonyl (C=O) groups is 4. The molecule has 8 heteroatoms. The lowest BCUT2D eigenvalue weighted by molar-refractivity contribution is -0.153. The van der Waals surface area contributed by atoms with E-state index in [2.05, 4.69) is 0 Å². The highest BCUT2D eigenvalue weighted by atomic mass is 32.2. The summed E-state index contributed by atoms with van der Waals surface area (Å²) in [6.45, 7) is 2.51. The molecule has 3 aliphatic rings. The van der Waals surface area contributed by atoms with Gasteiger partial charge in [0, 0.05) is 18.7 Å². The minimum absolute atomic E-state index is 0.0140. The molecule has 148 valence electrons. The van der Waals surface area contributed by atoms with Crippen molar-refractivity contribution in [2.24, 2.45) is 0 Å². The van der Waals surface area contributed by atoms with Crippen LogP contribution in [0, 0.1) is 0 Å². The zero-order chi connectivity index (χ0) is 19.9. The molecule has 2 fully saturated rings. The Hall–Kier alpha value is -2.35. The van der Waals surface area contributed by atoms with Crippen LogP contribution in [-0.2, 0) is 14.3 Å². The lowest BCUT2D eigenvalue weighted by Gasteiger charge is -2.29. The highest BCUT2D eigenvalue weighted by Crippen LogP contribution is 2.47. The Balaban J connectivity index is 1.23. The maximum absolute atomic E-state index is 12.4. The van der Waals surface area contributed by atoms with Crippen molar-refractivity contribution in [3.05, 3.63) is 35.4 Å². The van der Waals surface area contributed by atoms with Crippen LogP contribution in [0.3, 0.4) is 0 Å². The van der Waals surface area contributed by atoms with Gasteiger partial charge in [0.1, 0.15) is 6.04 Å². The number of nitrogens with zero attached hydrogens (tertiary/aromatic N) is 2. The second-order valence-electron chi connectivity index (χ2n) is 7.45. The summed E-state index contributed by atoms with van der Waals surface area (Å²) in [5, 5.41) is 0. The third kappa shape index (κ3) is 3.09. The van der Waals surface area contributed by atoms with E-state index in [1.165, 1.54) is 4.90 Å². The van der Waals surface area contributed by atoms with Gasteiger partial charge in [0.2, 0.25) is 5.91 Å². The van der Waals surface area contributed by atoms with Gasteiger partial charge >= 0.3 is 5.97 Å². The van der Waals surface area contributed by atoms with Crippen LogP contribution < -0.4 is 0 Å². The molecule has 2 saturated heterocycles. The van der Waals surface area contributed by atoms with Crippen molar-refractivity contribution < 1.29 is 23.9 Å². The molecule has 0 unspecified atom stereocenters. The van der Waals surface area contributed by atoms with Crippen molar-refractivity contribution >= 4 is 35.5 Å². The number of unbranched alkanes of at least 4 members (excludes halogenated alkanes) is 1. The molecule has 3 aliphatic heterocycles. The molecule has 1 aromatic rings. The van der Waals surface area contributed by atoms with Crippen LogP contribution in [0.1, 0.15) is 53.3 Å². The Bertz CT molecular complexity index is 822. The molecule has 4 rings (SSSR count). The van der Waals surface area contributed by atoms with Crippen molar-refractivity contribution in [3.63, 3.8) is 0 Å². The van der Waals surface area contributed by atoms with E-state index in [0.717, 1.165) is 6.42 Å². The molecule has 2 atom stereocenters. The summed E-state index contributed by atoms with van der Waals surface area (Å²) in [7, 11) is 0. The molecular formula is C20H22N2O5S. The van der Waals surface area contributed by atoms with Gasteiger partial charge < -0.3 is 9.64 Å². The summed E-state index contributed by atoms with van der Waals surface area (Å²) in [6.07, 6.45) is 2.34. The Labute approximate surface area is 167 Å². The minimum Gasteiger partial charge on any atom is -0.464 e. The van der Waals surface area contributed by atoms with Gasteiger partial charge in [0.15, 0.2) is 0 Å². The molecule has 7 nitrogen and oxygen atoms in total. The highest BCUT2D eigenvalue weighted by Gasteiger charge is 2.53. The zero-order valence-electron chi connectivity index (χ0n) is 15.7. The number of fused-ring (bicyclic) bond motifs is 2. The number of thioether (sulfide) groups is 1. The van der Waals surface area contributed by atoms with E-state index in [1.54, 1.807) is 40.9 Å². The largest absolute Gasteiger partial charge is 0.464 e. The normalized spacial score (nSPS) is 26.0. The molecule has 28 heavy (non-hydrogen) atoms. The first-order valence-electron chi connectivity index (χ1n) is 9.50. The van der Waals surface area contributed by atoms with Crippen LogP contribution in [0.5, 0.6) is 0 Å². The van der Waals surface area contributed by atoms with E-state index >= 15 is 0 Å². The van der Waals surface area contributed by atoms with Crippen LogP contribution in [0.2, 0.25) is 0 Å². The number of rotatable bonds is 6. The Kier molecular flexibility index (Phi) is 4.91. The number of esters is 1. The summed E-state index contributed by atoms with van der Waals surface area (Å²) in [5.74, 6) is -0.331. The average molecular weight is 402 g/mol. The number of benzene rings is 1. The van der Waals surface area contributed by atoms with Crippen molar-refractivity contribution in [2.45, 2.75) is 43.5 Å². The quantitative estimate of drug-likeness (QED) is 0.411. The first-order chi connectivity index (χ1) is 13.4. The van der Waals surface area contributed by atoms with Crippen LogP contribution in [-0.4, -0.2) is 63.3 Å². The number of amides is 3. The number of hydrogen-bond donors (Lipinski definition) is 0. The number of imide groups is 1. The third-order valence-corrected chi connectivity index (χ3v) is 7.12. The molecule has 0 spiro atoms. The molecule has 0 N–H and O–H groups in total. The van der Waals surface area contributed by atoms with E-state index < -0.39 is 6.04 Å². The number of hydrogen-bond acceptors (Lipinski definition) is 6. The van der Waals surface area contributed by atoms with Crippen LogP contribution in [0.15, 0.2) is 24.3 Å². The highest BCUT2D eigenvalue weighted by molar-refractivity contribution is 8.01. The predicted molar refractivity (Wildman–Crippen MR) is 103 cm³/mol. The van der Waals surface area contributed by atoms with Gasteiger partial charge in [0.25, 0.3) is 11.8 Å². The van der Waals surface area contributed by atoms with Crippen molar-refractivity contribution in [1.82, 2.24) is 9.80 Å². The summed E-state index contributed by atoms with van der Waals surface area (Å²) in [4.78, 5) is 51.7.